The summed E-state index contributed by atoms with van der Waals surface area (Å²) in [7, 11) is 0. The summed E-state index contributed by atoms with van der Waals surface area (Å²) in [5.74, 6) is -0.623. The van der Waals surface area contributed by atoms with Crippen LogP contribution in [0.3, 0.4) is 0 Å². The number of urea groups is 1. The van der Waals surface area contributed by atoms with Gasteiger partial charge in [0.1, 0.15) is 5.82 Å². The lowest BCUT2D eigenvalue weighted by Crippen LogP contribution is -2.46. The standard InChI is InChI=1S/C16H20FN3O2/c17-13-3-1-2-12-11(13)4-5-14(12)19-16(22)20-8-6-10(7-9-20)15(18)21/h1-3,10,14H,4-9H2,(H2,18,21)(H,19,22)/t14-/m0/s1. The molecular formula is C16H20FN3O2. The molecule has 1 aromatic carbocycles. The van der Waals surface area contributed by atoms with Crippen molar-refractivity contribution in [3.63, 3.8) is 0 Å². The Morgan fingerprint density at radius 2 is 1.95 bits per heavy atom. The van der Waals surface area contributed by atoms with E-state index < -0.39 is 0 Å². The number of nitrogens with zero attached hydrogens (tertiary/aromatic N) is 1. The molecule has 0 radical (unpaired) electrons. The number of piperidine rings is 1. The van der Waals surface area contributed by atoms with Gasteiger partial charge in [0.05, 0.1) is 6.04 Å². The first-order chi connectivity index (χ1) is 10.6. The average molecular weight is 305 g/mol. The maximum atomic E-state index is 13.7. The summed E-state index contributed by atoms with van der Waals surface area (Å²) in [4.78, 5) is 25.2. The van der Waals surface area contributed by atoms with Crippen molar-refractivity contribution in [3.05, 3.63) is 35.1 Å². The Balaban J connectivity index is 1.60. The van der Waals surface area contributed by atoms with Gasteiger partial charge in [-0.25, -0.2) is 9.18 Å². The Kier molecular flexibility index (Phi) is 4.00. The van der Waals surface area contributed by atoms with Gasteiger partial charge in [0.15, 0.2) is 0 Å². The van der Waals surface area contributed by atoms with E-state index in [1.54, 1.807) is 11.0 Å². The predicted octanol–water partition coefficient (Wildman–Crippen LogP) is 1.72. The summed E-state index contributed by atoms with van der Waals surface area (Å²) in [6.07, 6.45) is 2.59. The molecule has 3 rings (SSSR count). The van der Waals surface area contributed by atoms with Crippen molar-refractivity contribution in [2.45, 2.75) is 31.7 Å². The lowest BCUT2D eigenvalue weighted by Gasteiger charge is -2.31. The molecule has 0 bridgehead atoms. The van der Waals surface area contributed by atoms with E-state index in [9.17, 15) is 14.0 Å². The maximum absolute atomic E-state index is 13.7. The number of likely N-dealkylation sites (tertiary alicyclic amines) is 1. The minimum atomic E-state index is -0.291. The van der Waals surface area contributed by atoms with Gasteiger partial charge in [-0.15, -0.1) is 0 Å². The first kappa shape index (κ1) is 14.8. The van der Waals surface area contributed by atoms with Gasteiger partial charge < -0.3 is 16.0 Å². The van der Waals surface area contributed by atoms with Crippen LogP contribution in [0.1, 0.15) is 36.4 Å². The molecule has 0 unspecified atom stereocenters. The van der Waals surface area contributed by atoms with Crippen LogP contribution < -0.4 is 11.1 Å². The molecule has 3 N–H and O–H groups in total. The Hall–Kier alpha value is -2.11. The monoisotopic (exact) mass is 305 g/mol. The molecule has 6 heteroatoms. The number of hydrogen-bond acceptors (Lipinski definition) is 2. The summed E-state index contributed by atoms with van der Waals surface area (Å²) in [5.41, 5.74) is 6.88. The highest BCUT2D eigenvalue weighted by Gasteiger charge is 2.30. The largest absolute Gasteiger partial charge is 0.369 e. The molecule has 3 amide bonds. The minimum absolute atomic E-state index is 0.132. The lowest BCUT2D eigenvalue weighted by atomic mass is 9.96. The fraction of sp³-hybridized carbons (Fsp3) is 0.500. The SMILES string of the molecule is NC(=O)C1CCN(C(=O)N[C@H]2CCc3c(F)cccc32)CC1. The molecule has 0 saturated carbocycles. The number of carbonyl (C=O) groups excluding carboxylic acids is 2. The molecule has 118 valence electrons. The number of benzene rings is 1. The number of nitrogens with one attached hydrogen (secondary N) is 1. The van der Waals surface area contributed by atoms with Crippen molar-refractivity contribution in [2.24, 2.45) is 11.7 Å². The van der Waals surface area contributed by atoms with Crippen molar-refractivity contribution in [1.82, 2.24) is 10.2 Å². The average Bonchev–Trinajstić information content (AvgIpc) is 2.92. The van der Waals surface area contributed by atoms with Gasteiger partial charge in [0.25, 0.3) is 0 Å². The quantitative estimate of drug-likeness (QED) is 0.873. The van der Waals surface area contributed by atoms with E-state index in [-0.39, 0.29) is 29.7 Å². The van der Waals surface area contributed by atoms with E-state index in [0.29, 0.717) is 37.9 Å². The normalized spacial score (nSPS) is 21.5. The molecule has 1 heterocycles. The smallest absolute Gasteiger partial charge is 0.317 e. The third-order valence-electron chi connectivity index (χ3n) is 4.70. The van der Waals surface area contributed by atoms with E-state index in [0.717, 1.165) is 12.0 Å². The summed E-state index contributed by atoms with van der Waals surface area (Å²) in [6.45, 7) is 1.06. The summed E-state index contributed by atoms with van der Waals surface area (Å²) in [6, 6.07) is 4.72. The van der Waals surface area contributed by atoms with Crippen LogP contribution in [0.5, 0.6) is 0 Å². The highest BCUT2D eigenvalue weighted by atomic mass is 19.1. The third-order valence-corrected chi connectivity index (χ3v) is 4.70. The van der Waals surface area contributed by atoms with Gasteiger partial charge in [-0.05, 0) is 42.9 Å². The Morgan fingerprint density at radius 3 is 2.64 bits per heavy atom. The molecule has 2 aliphatic rings. The fourth-order valence-electron chi connectivity index (χ4n) is 3.37. The van der Waals surface area contributed by atoms with Crippen LogP contribution in [0.2, 0.25) is 0 Å². The van der Waals surface area contributed by atoms with Crippen molar-refractivity contribution in [1.29, 1.82) is 0 Å². The van der Waals surface area contributed by atoms with E-state index in [2.05, 4.69) is 5.32 Å². The number of hydrogen-bond donors (Lipinski definition) is 2. The zero-order valence-corrected chi connectivity index (χ0v) is 12.3. The van der Waals surface area contributed by atoms with Crippen LogP contribution in [0, 0.1) is 11.7 Å². The number of primary amides is 1. The number of nitrogens with two attached hydrogens (primary N) is 1. The second-order valence-corrected chi connectivity index (χ2v) is 6.01. The van der Waals surface area contributed by atoms with E-state index in [4.69, 9.17) is 5.73 Å². The molecule has 1 atom stereocenters. The third kappa shape index (κ3) is 2.77. The van der Waals surface area contributed by atoms with Crippen molar-refractivity contribution < 1.29 is 14.0 Å². The molecular weight excluding hydrogens is 285 g/mol. The number of rotatable bonds is 2. The number of halogens is 1. The van der Waals surface area contributed by atoms with E-state index in [1.807, 2.05) is 6.07 Å². The van der Waals surface area contributed by atoms with Gasteiger partial charge in [-0.1, -0.05) is 12.1 Å². The molecule has 5 nitrogen and oxygen atoms in total. The van der Waals surface area contributed by atoms with Crippen LogP contribution in [-0.2, 0) is 11.2 Å². The number of carbonyl (C=O) groups is 2. The van der Waals surface area contributed by atoms with E-state index >= 15 is 0 Å². The van der Waals surface area contributed by atoms with Crippen molar-refractivity contribution in [3.8, 4) is 0 Å². The van der Waals surface area contributed by atoms with Crippen LogP contribution in [-0.4, -0.2) is 29.9 Å². The van der Waals surface area contributed by atoms with Gasteiger partial charge in [-0.2, -0.15) is 0 Å². The highest BCUT2D eigenvalue weighted by Crippen LogP contribution is 2.32. The summed E-state index contributed by atoms with van der Waals surface area (Å²) < 4.78 is 13.7. The van der Waals surface area contributed by atoms with Gasteiger partial charge in [-0.3, -0.25) is 4.79 Å². The van der Waals surface area contributed by atoms with Crippen LogP contribution >= 0.6 is 0 Å². The first-order valence-corrected chi connectivity index (χ1v) is 7.68. The molecule has 0 spiro atoms. The van der Waals surface area contributed by atoms with Crippen LogP contribution in [0.15, 0.2) is 18.2 Å². The Bertz CT molecular complexity index is 597. The zero-order valence-electron chi connectivity index (χ0n) is 12.3. The molecule has 1 fully saturated rings. The van der Waals surface area contributed by atoms with Gasteiger partial charge in [0, 0.05) is 19.0 Å². The zero-order chi connectivity index (χ0) is 15.7. The Morgan fingerprint density at radius 1 is 1.23 bits per heavy atom. The Labute approximate surface area is 128 Å². The second kappa shape index (κ2) is 5.94. The number of fused-ring (bicyclic) bond motifs is 1. The van der Waals surface area contributed by atoms with Crippen LogP contribution in [0.25, 0.3) is 0 Å². The second-order valence-electron chi connectivity index (χ2n) is 6.01. The molecule has 22 heavy (non-hydrogen) atoms. The molecule has 1 saturated heterocycles. The van der Waals surface area contributed by atoms with Gasteiger partial charge in [0.2, 0.25) is 5.91 Å². The van der Waals surface area contributed by atoms with Gasteiger partial charge >= 0.3 is 6.03 Å². The highest BCUT2D eigenvalue weighted by molar-refractivity contribution is 5.78. The summed E-state index contributed by atoms with van der Waals surface area (Å²) >= 11 is 0. The minimum Gasteiger partial charge on any atom is -0.369 e. The predicted molar refractivity (Wildman–Crippen MR) is 79.5 cm³/mol. The molecule has 1 aliphatic heterocycles. The molecule has 1 aliphatic carbocycles. The lowest BCUT2D eigenvalue weighted by molar-refractivity contribution is -0.123. The van der Waals surface area contributed by atoms with Crippen molar-refractivity contribution >= 4 is 11.9 Å². The molecule has 1 aromatic rings. The fourth-order valence-corrected chi connectivity index (χ4v) is 3.37. The number of amides is 3. The molecule has 0 aromatic heterocycles. The van der Waals surface area contributed by atoms with E-state index in [1.165, 1.54) is 6.07 Å². The first-order valence-electron chi connectivity index (χ1n) is 7.68. The van der Waals surface area contributed by atoms with Crippen LogP contribution in [0.4, 0.5) is 9.18 Å². The maximum Gasteiger partial charge on any atom is 0.317 e. The van der Waals surface area contributed by atoms with Crippen molar-refractivity contribution in [2.75, 3.05) is 13.1 Å². The summed E-state index contributed by atoms with van der Waals surface area (Å²) in [5, 5.41) is 2.98. The topological polar surface area (TPSA) is 75.4 Å².